The maximum atomic E-state index is 11.8. The molecule has 0 fully saturated rings. The summed E-state index contributed by atoms with van der Waals surface area (Å²) in [4.78, 5) is 11.7. The molecule has 0 aliphatic rings. The van der Waals surface area contributed by atoms with E-state index in [-0.39, 0.29) is 24.7 Å². The molecule has 7 nitrogen and oxygen atoms in total. The minimum absolute atomic E-state index is 0.0395. The van der Waals surface area contributed by atoms with E-state index in [4.69, 9.17) is 0 Å². The molecule has 22 heavy (non-hydrogen) atoms. The van der Waals surface area contributed by atoms with Crippen molar-refractivity contribution in [1.29, 1.82) is 0 Å². The highest BCUT2D eigenvalue weighted by Crippen LogP contribution is 1.99. The van der Waals surface area contributed by atoms with E-state index in [1.165, 1.54) is 10.9 Å². The molecule has 0 aliphatic carbocycles. The Bertz CT molecular complexity index is 726. The molecule has 2 N–H and O–H groups in total. The van der Waals surface area contributed by atoms with E-state index in [1.54, 1.807) is 13.2 Å². The van der Waals surface area contributed by atoms with Gasteiger partial charge in [0.1, 0.15) is 0 Å². The highest BCUT2D eigenvalue weighted by molar-refractivity contribution is 7.89. The zero-order valence-corrected chi connectivity index (χ0v) is 13.0. The normalized spacial score (nSPS) is 11.3. The van der Waals surface area contributed by atoms with Crippen molar-refractivity contribution in [2.75, 3.05) is 12.3 Å². The van der Waals surface area contributed by atoms with Crippen molar-refractivity contribution in [2.24, 2.45) is 7.05 Å². The molecule has 0 atom stereocenters. The number of nitrogens with zero attached hydrogens (tertiary/aromatic N) is 2. The Balaban J connectivity index is 1.76. The Morgan fingerprint density at radius 2 is 2.00 bits per heavy atom. The number of aromatic nitrogens is 2. The number of hydrogen-bond acceptors (Lipinski definition) is 4. The number of aryl methyl sites for hydroxylation is 1. The molecule has 118 valence electrons. The number of hydrogen-bond donors (Lipinski definition) is 2. The fourth-order valence-electron chi connectivity index (χ4n) is 1.80. The van der Waals surface area contributed by atoms with Crippen molar-refractivity contribution in [3.63, 3.8) is 0 Å². The van der Waals surface area contributed by atoms with Gasteiger partial charge in [0, 0.05) is 26.3 Å². The molecule has 0 saturated heterocycles. The standard InChI is InChI=1S/C14H18N4O3S/c1-18-11-13(10-16-18)14(19)15-7-8-22(20,21)17-9-12-5-3-2-4-6-12/h2-6,10-11,17H,7-9H2,1H3,(H,15,19). The second-order valence-electron chi connectivity index (χ2n) is 4.78. The highest BCUT2D eigenvalue weighted by Gasteiger charge is 2.12. The molecule has 1 aromatic carbocycles. The van der Waals surface area contributed by atoms with Crippen molar-refractivity contribution < 1.29 is 13.2 Å². The molecule has 0 radical (unpaired) electrons. The second-order valence-corrected chi connectivity index (χ2v) is 6.71. The molecule has 1 aromatic heterocycles. The van der Waals surface area contributed by atoms with Crippen molar-refractivity contribution in [1.82, 2.24) is 19.8 Å². The molecule has 1 heterocycles. The number of sulfonamides is 1. The zero-order valence-electron chi connectivity index (χ0n) is 12.2. The van der Waals surface area contributed by atoms with E-state index in [9.17, 15) is 13.2 Å². The topological polar surface area (TPSA) is 93.1 Å². The fraction of sp³-hybridized carbons (Fsp3) is 0.286. The van der Waals surface area contributed by atoms with Gasteiger partial charge in [0.2, 0.25) is 10.0 Å². The summed E-state index contributed by atoms with van der Waals surface area (Å²) in [7, 11) is -1.73. The largest absolute Gasteiger partial charge is 0.351 e. The predicted octanol–water partition coefficient (Wildman–Crippen LogP) is 0.270. The summed E-state index contributed by atoms with van der Waals surface area (Å²) in [6.45, 7) is 0.275. The lowest BCUT2D eigenvalue weighted by Crippen LogP contribution is -2.34. The van der Waals surface area contributed by atoms with Gasteiger partial charge >= 0.3 is 0 Å². The van der Waals surface area contributed by atoms with E-state index in [0.29, 0.717) is 5.56 Å². The van der Waals surface area contributed by atoms with Gasteiger partial charge < -0.3 is 5.32 Å². The van der Waals surface area contributed by atoms with E-state index >= 15 is 0 Å². The quantitative estimate of drug-likeness (QED) is 0.765. The minimum atomic E-state index is -3.44. The average Bonchev–Trinajstić information content (AvgIpc) is 2.93. The molecule has 8 heteroatoms. The average molecular weight is 322 g/mol. The predicted molar refractivity (Wildman–Crippen MR) is 82.6 cm³/mol. The Morgan fingerprint density at radius 3 is 2.64 bits per heavy atom. The van der Waals surface area contributed by atoms with Gasteiger partial charge in [0.05, 0.1) is 17.5 Å². The molecule has 0 unspecified atom stereocenters. The molecule has 2 aromatic rings. The third kappa shape index (κ3) is 4.97. The Hall–Kier alpha value is -2.19. The molecule has 1 amide bonds. The fourth-order valence-corrected chi connectivity index (χ4v) is 2.70. The van der Waals surface area contributed by atoms with Crippen LogP contribution in [0.1, 0.15) is 15.9 Å². The molecule has 0 aliphatic heterocycles. The van der Waals surface area contributed by atoms with Gasteiger partial charge in [-0.15, -0.1) is 0 Å². The zero-order chi connectivity index (χ0) is 16.0. The number of nitrogens with one attached hydrogen (secondary N) is 2. The van der Waals surface area contributed by atoms with Gasteiger partial charge in [0.25, 0.3) is 5.91 Å². The molecule has 0 saturated carbocycles. The smallest absolute Gasteiger partial charge is 0.254 e. The SMILES string of the molecule is Cn1cc(C(=O)NCCS(=O)(=O)NCc2ccccc2)cn1. The Kier molecular flexibility index (Phi) is 5.29. The van der Waals surface area contributed by atoms with Crippen molar-refractivity contribution >= 4 is 15.9 Å². The van der Waals surface area contributed by atoms with Crippen LogP contribution in [-0.4, -0.2) is 36.4 Å². The molecular formula is C14H18N4O3S. The Morgan fingerprint density at radius 1 is 1.27 bits per heavy atom. The van der Waals surface area contributed by atoms with Crippen LogP contribution in [0.15, 0.2) is 42.7 Å². The summed E-state index contributed by atoms with van der Waals surface area (Å²) in [5.74, 6) is -0.516. The Labute approximate surface area is 129 Å². The number of carbonyl (C=O) groups excluding carboxylic acids is 1. The van der Waals surface area contributed by atoms with Crippen LogP contribution < -0.4 is 10.0 Å². The summed E-state index contributed by atoms with van der Waals surface area (Å²) < 4.78 is 27.7. The molecule has 0 spiro atoms. The first kappa shape index (κ1) is 16.2. The maximum Gasteiger partial charge on any atom is 0.254 e. The first-order valence-electron chi connectivity index (χ1n) is 6.74. The first-order valence-corrected chi connectivity index (χ1v) is 8.39. The lowest BCUT2D eigenvalue weighted by atomic mass is 10.2. The summed E-state index contributed by atoms with van der Waals surface area (Å²) in [6.07, 6.45) is 3.00. The summed E-state index contributed by atoms with van der Waals surface area (Å²) in [5, 5.41) is 6.44. The molecular weight excluding hydrogens is 304 g/mol. The van der Waals surface area contributed by atoms with Gasteiger partial charge in [-0.1, -0.05) is 30.3 Å². The van der Waals surface area contributed by atoms with E-state index in [1.807, 2.05) is 30.3 Å². The number of benzene rings is 1. The van der Waals surface area contributed by atoms with Crippen LogP contribution in [0, 0.1) is 0 Å². The van der Waals surface area contributed by atoms with Crippen LogP contribution in [0.25, 0.3) is 0 Å². The monoisotopic (exact) mass is 322 g/mol. The van der Waals surface area contributed by atoms with Crippen molar-refractivity contribution in [3.8, 4) is 0 Å². The van der Waals surface area contributed by atoms with Gasteiger partial charge in [-0.25, -0.2) is 13.1 Å². The lowest BCUT2D eigenvalue weighted by Gasteiger charge is -2.07. The molecule has 0 bridgehead atoms. The first-order chi connectivity index (χ1) is 10.5. The van der Waals surface area contributed by atoms with E-state index in [2.05, 4.69) is 15.1 Å². The summed E-state index contributed by atoms with van der Waals surface area (Å²) in [6, 6.07) is 9.24. The third-order valence-electron chi connectivity index (χ3n) is 2.96. The van der Waals surface area contributed by atoms with Gasteiger partial charge in [-0.05, 0) is 5.56 Å². The van der Waals surface area contributed by atoms with Crippen LogP contribution >= 0.6 is 0 Å². The minimum Gasteiger partial charge on any atom is -0.351 e. The van der Waals surface area contributed by atoms with Crippen LogP contribution in [0.2, 0.25) is 0 Å². The maximum absolute atomic E-state index is 11.8. The van der Waals surface area contributed by atoms with Crippen molar-refractivity contribution in [3.05, 3.63) is 53.9 Å². The van der Waals surface area contributed by atoms with Crippen LogP contribution in [0.5, 0.6) is 0 Å². The lowest BCUT2D eigenvalue weighted by molar-refractivity contribution is 0.0956. The number of amides is 1. The third-order valence-corrected chi connectivity index (χ3v) is 4.29. The van der Waals surface area contributed by atoms with E-state index in [0.717, 1.165) is 5.56 Å². The van der Waals surface area contributed by atoms with Crippen LogP contribution in [0.3, 0.4) is 0 Å². The summed E-state index contributed by atoms with van der Waals surface area (Å²) in [5.41, 5.74) is 1.28. The highest BCUT2D eigenvalue weighted by atomic mass is 32.2. The second kappa shape index (κ2) is 7.19. The van der Waals surface area contributed by atoms with Crippen LogP contribution in [0.4, 0.5) is 0 Å². The van der Waals surface area contributed by atoms with Crippen LogP contribution in [-0.2, 0) is 23.6 Å². The van der Waals surface area contributed by atoms with Gasteiger partial charge in [0.15, 0.2) is 0 Å². The number of rotatable bonds is 7. The van der Waals surface area contributed by atoms with Gasteiger partial charge in [-0.2, -0.15) is 5.10 Å². The molecule has 2 rings (SSSR count). The number of carbonyl (C=O) groups is 1. The van der Waals surface area contributed by atoms with Gasteiger partial charge in [-0.3, -0.25) is 9.48 Å². The van der Waals surface area contributed by atoms with E-state index < -0.39 is 10.0 Å². The van der Waals surface area contributed by atoms with Crippen molar-refractivity contribution in [2.45, 2.75) is 6.54 Å². The summed E-state index contributed by atoms with van der Waals surface area (Å²) >= 11 is 0.